The van der Waals surface area contributed by atoms with E-state index in [1.165, 1.54) is 84.0 Å². The highest BCUT2D eigenvalue weighted by molar-refractivity contribution is 5.99. The molecule has 194 valence electrons. The molecule has 40 heavy (non-hydrogen) atoms. The van der Waals surface area contributed by atoms with E-state index in [-0.39, 0.29) is 0 Å². The van der Waals surface area contributed by atoms with Crippen LogP contribution >= 0.6 is 0 Å². The largest absolute Gasteiger partial charge is 0.0617 e. The maximum Gasteiger partial charge on any atom is 0.0255 e. The van der Waals surface area contributed by atoms with E-state index in [0.29, 0.717) is 0 Å². The van der Waals surface area contributed by atoms with Crippen LogP contribution in [0.1, 0.15) is 96.6 Å². The first-order valence-electron chi connectivity index (χ1n) is 15.0. The van der Waals surface area contributed by atoms with Crippen LogP contribution in [-0.4, -0.2) is 0 Å². The quantitative estimate of drug-likeness (QED) is 0.162. The van der Waals surface area contributed by atoms with Crippen molar-refractivity contribution in [3.05, 3.63) is 130 Å². The Morgan fingerprint density at radius 1 is 0.350 bits per heavy atom. The third-order valence-corrected chi connectivity index (χ3v) is 8.97. The lowest BCUT2D eigenvalue weighted by Crippen LogP contribution is -1.91. The first-order valence-corrected chi connectivity index (χ1v) is 15.0. The van der Waals surface area contributed by atoms with Crippen molar-refractivity contribution in [1.82, 2.24) is 0 Å². The molecule has 0 spiro atoms. The molecule has 0 nitrogen and oxygen atoms in total. The van der Waals surface area contributed by atoms with E-state index in [1.807, 2.05) is 0 Å². The standard InChI is InChI=1S/C40H34/c1-2-6-33(5-1)35-19-13-29(14-20-35)9-11-31-17-23-37-28-40-26-32(18-24-38(40)27-39(37)25-31)12-10-30-15-21-36(22-16-30)34-7-3-4-8-34/h13-28,33-34H,1-8H2. The van der Waals surface area contributed by atoms with Crippen LogP contribution in [0.3, 0.4) is 0 Å². The Morgan fingerprint density at radius 2 is 0.700 bits per heavy atom. The summed E-state index contributed by atoms with van der Waals surface area (Å²) in [6.45, 7) is 0. The summed E-state index contributed by atoms with van der Waals surface area (Å²) in [6.07, 6.45) is 10.8. The summed E-state index contributed by atoms with van der Waals surface area (Å²) in [5, 5.41) is 4.90. The van der Waals surface area contributed by atoms with Crippen LogP contribution in [-0.2, 0) is 0 Å². The third kappa shape index (κ3) is 5.41. The van der Waals surface area contributed by atoms with Gasteiger partial charge in [0.2, 0.25) is 0 Å². The van der Waals surface area contributed by atoms with E-state index >= 15 is 0 Å². The fraction of sp³-hybridized carbons (Fsp3) is 0.250. The number of hydrogen-bond acceptors (Lipinski definition) is 0. The summed E-state index contributed by atoms with van der Waals surface area (Å²) in [5.41, 5.74) is 7.21. The molecule has 5 aromatic carbocycles. The fourth-order valence-corrected chi connectivity index (χ4v) is 6.64. The summed E-state index contributed by atoms with van der Waals surface area (Å²) >= 11 is 0. The topological polar surface area (TPSA) is 0 Å². The number of rotatable bonds is 2. The van der Waals surface area contributed by atoms with Gasteiger partial charge in [0, 0.05) is 22.3 Å². The van der Waals surface area contributed by atoms with Gasteiger partial charge in [0.05, 0.1) is 0 Å². The second kappa shape index (κ2) is 11.1. The monoisotopic (exact) mass is 514 g/mol. The average Bonchev–Trinajstić information content (AvgIpc) is 3.74. The van der Waals surface area contributed by atoms with Gasteiger partial charge in [0.1, 0.15) is 0 Å². The Labute approximate surface area is 238 Å². The van der Waals surface area contributed by atoms with Crippen molar-refractivity contribution in [3.8, 4) is 23.7 Å². The van der Waals surface area contributed by atoms with E-state index < -0.39 is 0 Å². The van der Waals surface area contributed by atoms with E-state index in [1.54, 1.807) is 0 Å². The van der Waals surface area contributed by atoms with Crippen molar-refractivity contribution in [3.63, 3.8) is 0 Å². The van der Waals surface area contributed by atoms with Gasteiger partial charge in [-0.2, -0.15) is 0 Å². The Kier molecular flexibility index (Phi) is 6.86. The summed E-state index contributed by atoms with van der Waals surface area (Å²) < 4.78 is 0. The van der Waals surface area contributed by atoms with Crippen LogP contribution in [0.5, 0.6) is 0 Å². The lowest BCUT2D eigenvalue weighted by Gasteiger charge is -2.08. The Morgan fingerprint density at radius 3 is 1.10 bits per heavy atom. The van der Waals surface area contributed by atoms with Gasteiger partial charge >= 0.3 is 0 Å². The highest BCUT2D eigenvalue weighted by atomic mass is 14.2. The highest BCUT2D eigenvalue weighted by Gasteiger charge is 2.17. The van der Waals surface area contributed by atoms with E-state index in [0.717, 1.165) is 34.1 Å². The van der Waals surface area contributed by atoms with Gasteiger partial charge in [0.15, 0.2) is 0 Å². The number of fused-ring (bicyclic) bond motifs is 2. The van der Waals surface area contributed by atoms with Crippen LogP contribution in [0.4, 0.5) is 0 Å². The minimum Gasteiger partial charge on any atom is -0.0617 e. The SMILES string of the molecule is C(#Cc1ccc2cc3cc(C#Cc4ccc(C5CCCC5)cc4)ccc3cc2c1)c1ccc(C2CCCC2)cc1. The van der Waals surface area contributed by atoms with Crippen molar-refractivity contribution in [2.24, 2.45) is 0 Å². The molecule has 0 N–H and O–H groups in total. The Balaban J connectivity index is 1.08. The minimum absolute atomic E-state index is 0.749. The summed E-state index contributed by atoms with van der Waals surface area (Å²) in [6, 6.07) is 35.4. The minimum atomic E-state index is 0.749. The van der Waals surface area contributed by atoms with Gasteiger partial charge in [-0.05, 0) is 131 Å². The summed E-state index contributed by atoms with van der Waals surface area (Å²) in [7, 11) is 0. The van der Waals surface area contributed by atoms with E-state index in [9.17, 15) is 0 Å². The molecular formula is C40H34. The van der Waals surface area contributed by atoms with Crippen LogP contribution < -0.4 is 0 Å². The molecule has 0 atom stereocenters. The normalized spacial score (nSPS) is 15.6. The lowest BCUT2D eigenvalue weighted by molar-refractivity contribution is 0.723. The van der Waals surface area contributed by atoms with Gasteiger partial charge < -0.3 is 0 Å². The van der Waals surface area contributed by atoms with Crippen molar-refractivity contribution in [2.45, 2.75) is 63.2 Å². The summed E-state index contributed by atoms with van der Waals surface area (Å²) in [4.78, 5) is 0. The molecule has 2 aliphatic carbocycles. The number of hydrogen-bond donors (Lipinski definition) is 0. The maximum atomic E-state index is 3.38. The van der Waals surface area contributed by atoms with E-state index in [2.05, 4.69) is 121 Å². The van der Waals surface area contributed by atoms with Crippen molar-refractivity contribution >= 4 is 21.5 Å². The highest BCUT2D eigenvalue weighted by Crippen LogP contribution is 2.35. The Bertz CT molecular complexity index is 1650. The zero-order valence-electron chi connectivity index (χ0n) is 23.0. The molecule has 5 aromatic rings. The molecule has 0 aliphatic heterocycles. The Hall–Kier alpha value is -4.26. The molecule has 0 unspecified atom stereocenters. The molecule has 0 radical (unpaired) electrons. The second-order valence-corrected chi connectivity index (χ2v) is 11.7. The van der Waals surface area contributed by atoms with Crippen LogP contribution in [0.2, 0.25) is 0 Å². The molecule has 2 saturated carbocycles. The van der Waals surface area contributed by atoms with Crippen molar-refractivity contribution in [2.75, 3.05) is 0 Å². The van der Waals surface area contributed by atoms with Gasteiger partial charge in [0.25, 0.3) is 0 Å². The lowest BCUT2D eigenvalue weighted by atomic mass is 9.96. The number of benzene rings is 5. The molecule has 0 heteroatoms. The predicted molar refractivity (Wildman–Crippen MR) is 169 cm³/mol. The van der Waals surface area contributed by atoms with Gasteiger partial charge in [-0.1, -0.05) is 85.8 Å². The average molecular weight is 515 g/mol. The first kappa shape index (κ1) is 24.8. The third-order valence-electron chi connectivity index (χ3n) is 8.97. The molecule has 7 rings (SSSR count). The zero-order valence-corrected chi connectivity index (χ0v) is 23.0. The molecule has 2 aliphatic rings. The smallest absolute Gasteiger partial charge is 0.0255 e. The predicted octanol–water partition coefficient (Wildman–Crippen LogP) is 10.1. The molecule has 0 heterocycles. The van der Waals surface area contributed by atoms with Crippen molar-refractivity contribution < 1.29 is 0 Å². The van der Waals surface area contributed by atoms with Gasteiger partial charge in [-0.3, -0.25) is 0 Å². The van der Waals surface area contributed by atoms with Crippen LogP contribution in [0.15, 0.2) is 97.1 Å². The molecule has 0 aromatic heterocycles. The summed E-state index contributed by atoms with van der Waals surface area (Å²) in [5.74, 6) is 15.0. The van der Waals surface area contributed by atoms with Crippen LogP contribution in [0, 0.1) is 23.7 Å². The molecular weight excluding hydrogens is 480 g/mol. The maximum absolute atomic E-state index is 3.38. The molecule has 2 fully saturated rings. The zero-order chi connectivity index (χ0) is 26.7. The van der Waals surface area contributed by atoms with E-state index in [4.69, 9.17) is 0 Å². The van der Waals surface area contributed by atoms with Crippen molar-refractivity contribution in [1.29, 1.82) is 0 Å². The van der Waals surface area contributed by atoms with Gasteiger partial charge in [-0.15, -0.1) is 0 Å². The second-order valence-electron chi connectivity index (χ2n) is 11.7. The van der Waals surface area contributed by atoms with Gasteiger partial charge in [-0.25, -0.2) is 0 Å². The molecule has 0 saturated heterocycles. The fourth-order valence-electron chi connectivity index (χ4n) is 6.64. The molecule has 0 amide bonds. The van der Waals surface area contributed by atoms with Crippen LogP contribution in [0.25, 0.3) is 21.5 Å². The molecule has 0 bridgehead atoms. The first-order chi connectivity index (χ1) is 19.8.